The molecule has 1 aromatic heterocycles. The quantitative estimate of drug-likeness (QED) is 0.526. The number of para-hydroxylation sites is 1. The van der Waals surface area contributed by atoms with Gasteiger partial charge in [0.1, 0.15) is 17.4 Å². The lowest BCUT2D eigenvalue weighted by Gasteiger charge is -2.16. The fourth-order valence-electron chi connectivity index (χ4n) is 3.66. The third-order valence-corrected chi connectivity index (χ3v) is 5.13. The first kappa shape index (κ1) is 17.3. The van der Waals surface area contributed by atoms with Gasteiger partial charge in [0.05, 0.1) is 17.6 Å². The van der Waals surface area contributed by atoms with E-state index < -0.39 is 17.7 Å². The summed E-state index contributed by atoms with van der Waals surface area (Å²) in [5.74, 6) is -1.27. The monoisotopic (exact) mass is 384 g/mol. The second-order valence-electron chi connectivity index (χ2n) is 6.92. The predicted molar refractivity (Wildman–Crippen MR) is 105 cm³/mol. The number of benzene rings is 2. The molecule has 3 heterocycles. The van der Waals surface area contributed by atoms with E-state index in [1.54, 1.807) is 6.07 Å². The van der Waals surface area contributed by atoms with Crippen LogP contribution in [-0.2, 0) is 16.1 Å². The number of pyridine rings is 1. The van der Waals surface area contributed by atoms with Crippen LogP contribution in [0.2, 0.25) is 0 Å². The Morgan fingerprint density at radius 2 is 1.72 bits per heavy atom. The lowest BCUT2D eigenvalue weighted by atomic mass is 10.0. The summed E-state index contributed by atoms with van der Waals surface area (Å²) < 4.78 is 0. The normalized spacial score (nSPS) is 18.3. The van der Waals surface area contributed by atoms with Crippen molar-refractivity contribution in [2.45, 2.75) is 12.6 Å². The molecule has 0 spiro atoms. The van der Waals surface area contributed by atoms with Crippen molar-refractivity contribution in [1.82, 2.24) is 20.7 Å². The Morgan fingerprint density at radius 3 is 2.55 bits per heavy atom. The molecule has 0 bridgehead atoms. The minimum Gasteiger partial charge on any atom is -0.316 e. The predicted octanol–water partition coefficient (Wildman–Crippen LogP) is 1.72. The lowest BCUT2D eigenvalue weighted by Crippen LogP contribution is -2.42. The first-order valence-corrected chi connectivity index (χ1v) is 9.19. The van der Waals surface area contributed by atoms with E-state index >= 15 is 0 Å². The van der Waals surface area contributed by atoms with Gasteiger partial charge in [-0.25, -0.2) is 10.4 Å². The van der Waals surface area contributed by atoms with E-state index in [-0.39, 0.29) is 29.4 Å². The summed E-state index contributed by atoms with van der Waals surface area (Å²) in [6.45, 7) is 0.163. The number of hydrogen-bond acceptors (Lipinski definition) is 6. The molecule has 29 heavy (non-hydrogen) atoms. The zero-order chi connectivity index (χ0) is 20.0. The van der Waals surface area contributed by atoms with Crippen molar-refractivity contribution in [1.29, 1.82) is 0 Å². The van der Waals surface area contributed by atoms with Gasteiger partial charge in [0.2, 0.25) is 5.78 Å². The Morgan fingerprint density at radius 1 is 0.966 bits per heavy atom. The molecule has 2 aromatic carbocycles. The number of ketones is 1. The molecular formula is C22H16N4O3. The number of aromatic nitrogens is 1. The Balaban J connectivity index is 1.49. The van der Waals surface area contributed by atoms with Gasteiger partial charge in [0.25, 0.3) is 11.8 Å². The Bertz CT molecular complexity index is 1200. The molecular weight excluding hydrogens is 368 g/mol. The fourth-order valence-corrected chi connectivity index (χ4v) is 3.66. The first-order valence-electron chi connectivity index (χ1n) is 9.19. The van der Waals surface area contributed by atoms with Crippen LogP contribution < -0.4 is 10.9 Å². The largest absolute Gasteiger partial charge is 0.316 e. The van der Waals surface area contributed by atoms with Crippen molar-refractivity contribution in [2.75, 3.05) is 0 Å². The highest BCUT2D eigenvalue weighted by atomic mass is 16.2. The Labute approximate surface area is 166 Å². The van der Waals surface area contributed by atoms with Crippen molar-refractivity contribution in [3.8, 4) is 0 Å². The molecule has 7 nitrogen and oxygen atoms in total. The summed E-state index contributed by atoms with van der Waals surface area (Å²) in [5.41, 5.74) is 7.45. The maximum Gasteiger partial charge on any atom is 0.261 e. The summed E-state index contributed by atoms with van der Waals surface area (Å²) in [7, 11) is 0. The number of rotatable bonds is 4. The summed E-state index contributed by atoms with van der Waals surface area (Å²) in [6, 6.07) is 19.3. The van der Waals surface area contributed by atoms with Crippen LogP contribution in [0.3, 0.4) is 0 Å². The zero-order valence-electron chi connectivity index (χ0n) is 15.3. The molecule has 1 atom stereocenters. The molecule has 0 aliphatic carbocycles. The van der Waals surface area contributed by atoms with Crippen molar-refractivity contribution >= 4 is 28.5 Å². The van der Waals surface area contributed by atoms with Gasteiger partial charge in [-0.05, 0) is 17.7 Å². The highest BCUT2D eigenvalue weighted by Gasteiger charge is 2.49. The molecule has 7 heteroatoms. The number of hydrogen-bond donors (Lipinski definition) is 2. The van der Waals surface area contributed by atoms with Crippen molar-refractivity contribution < 1.29 is 14.4 Å². The van der Waals surface area contributed by atoms with E-state index in [4.69, 9.17) is 0 Å². The maximum atomic E-state index is 13.0. The molecule has 2 aliphatic rings. The van der Waals surface area contributed by atoms with Gasteiger partial charge in [0.15, 0.2) is 0 Å². The number of carbonyl (C=O) groups excluding carboxylic acids is 3. The molecule has 2 N–H and O–H groups in total. The third kappa shape index (κ3) is 2.79. The summed E-state index contributed by atoms with van der Waals surface area (Å²) >= 11 is 0. The zero-order valence-corrected chi connectivity index (χ0v) is 15.3. The van der Waals surface area contributed by atoms with Crippen molar-refractivity contribution in [3.63, 3.8) is 0 Å². The van der Waals surface area contributed by atoms with E-state index in [1.807, 2.05) is 60.7 Å². The van der Waals surface area contributed by atoms with Crippen LogP contribution in [0, 0.1) is 0 Å². The average molecular weight is 384 g/mol. The molecule has 142 valence electrons. The number of amides is 2. The number of likely N-dealkylation sites (tertiary alicyclic amines) is 1. The number of nitrogens with one attached hydrogen (secondary N) is 2. The standard InChI is InChI=1S/C22H16N4O3/c27-20(16-11-10-14-8-4-5-9-15(14)23-16)18-17-19(25-24-18)22(29)26(21(17)28)12-13-6-2-1-3-7-13/h1-11,19,24-25H,12H2/t19-/m0/s1. The Kier molecular flexibility index (Phi) is 3.96. The first-order chi connectivity index (χ1) is 14.1. The van der Waals surface area contributed by atoms with Gasteiger partial charge in [-0.2, -0.15) is 0 Å². The lowest BCUT2D eigenvalue weighted by molar-refractivity contribution is -0.139. The minimum absolute atomic E-state index is 0.0756. The molecule has 0 saturated carbocycles. The number of imide groups is 1. The molecule has 5 rings (SSSR count). The summed E-state index contributed by atoms with van der Waals surface area (Å²) in [6.07, 6.45) is 0. The maximum absolute atomic E-state index is 13.0. The summed E-state index contributed by atoms with van der Waals surface area (Å²) in [4.78, 5) is 44.3. The van der Waals surface area contributed by atoms with Gasteiger partial charge in [-0.1, -0.05) is 54.6 Å². The molecule has 2 amide bonds. The van der Waals surface area contributed by atoms with Crippen molar-refractivity contribution in [2.24, 2.45) is 0 Å². The highest BCUT2D eigenvalue weighted by Crippen LogP contribution is 2.28. The van der Waals surface area contributed by atoms with Crippen molar-refractivity contribution in [3.05, 3.63) is 89.3 Å². The summed E-state index contributed by atoms with van der Waals surface area (Å²) in [5, 5.41) is 0.915. The number of carbonyl (C=O) groups is 3. The molecule has 0 radical (unpaired) electrons. The number of nitrogens with zero attached hydrogens (tertiary/aromatic N) is 2. The minimum atomic E-state index is -0.870. The van der Waals surface area contributed by atoms with Gasteiger partial charge >= 0.3 is 0 Å². The van der Waals surface area contributed by atoms with Crippen LogP contribution in [0.1, 0.15) is 16.1 Å². The second kappa shape index (κ2) is 6.65. The van der Waals surface area contributed by atoms with Crippen LogP contribution >= 0.6 is 0 Å². The number of fused-ring (bicyclic) bond motifs is 2. The SMILES string of the molecule is O=C(C1=C2C(=O)N(Cc3ccccc3)C(=O)[C@H]2NN1)c1ccc2ccccc2n1. The van der Waals surface area contributed by atoms with Crippen LogP contribution in [0.25, 0.3) is 10.9 Å². The van der Waals surface area contributed by atoms with Gasteiger partial charge in [0, 0.05) is 5.39 Å². The van der Waals surface area contributed by atoms with Gasteiger partial charge in [-0.15, -0.1) is 0 Å². The number of allylic oxidation sites excluding steroid dienone is 1. The highest BCUT2D eigenvalue weighted by molar-refractivity contribution is 6.23. The average Bonchev–Trinajstić information content (AvgIpc) is 3.30. The van der Waals surface area contributed by atoms with E-state index in [0.717, 1.165) is 10.9 Å². The fraction of sp³-hybridized carbons (Fsp3) is 0.0909. The molecule has 3 aromatic rings. The molecule has 0 unspecified atom stereocenters. The molecule has 2 aliphatic heterocycles. The molecule has 1 saturated heterocycles. The van der Waals surface area contributed by atoms with Crippen LogP contribution in [0.4, 0.5) is 0 Å². The number of Topliss-reactive ketones (excluding diaryl/α,β-unsaturated/α-hetero) is 1. The number of hydrazine groups is 1. The van der Waals surface area contributed by atoms with Crippen LogP contribution in [0.5, 0.6) is 0 Å². The van der Waals surface area contributed by atoms with Crippen LogP contribution in [-0.4, -0.2) is 33.5 Å². The molecule has 1 fully saturated rings. The topological polar surface area (TPSA) is 91.4 Å². The van der Waals surface area contributed by atoms with Gasteiger partial charge in [-0.3, -0.25) is 19.3 Å². The van der Waals surface area contributed by atoms with E-state index in [2.05, 4.69) is 15.8 Å². The van der Waals surface area contributed by atoms with Crippen LogP contribution in [0.15, 0.2) is 78.0 Å². The second-order valence-corrected chi connectivity index (χ2v) is 6.92. The van der Waals surface area contributed by atoms with E-state index in [9.17, 15) is 14.4 Å². The van der Waals surface area contributed by atoms with E-state index in [1.165, 1.54) is 4.90 Å². The Hall–Kier alpha value is -3.84. The smallest absolute Gasteiger partial charge is 0.261 e. The van der Waals surface area contributed by atoms with E-state index in [0.29, 0.717) is 5.52 Å². The van der Waals surface area contributed by atoms with Gasteiger partial charge < -0.3 is 5.43 Å². The third-order valence-electron chi connectivity index (χ3n) is 5.13.